The van der Waals surface area contributed by atoms with Crippen LogP contribution < -0.4 is 9.62 Å². The molecule has 0 radical (unpaired) electrons. The van der Waals surface area contributed by atoms with Gasteiger partial charge in [0.25, 0.3) is 0 Å². The highest BCUT2D eigenvalue weighted by molar-refractivity contribution is 8.00. The number of benzene rings is 1. The number of carbonyl (C=O) groups is 1. The van der Waals surface area contributed by atoms with Gasteiger partial charge in [-0.15, -0.1) is 0 Å². The van der Waals surface area contributed by atoms with Crippen molar-refractivity contribution in [3.8, 4) is 0 Å². The van der Waals surface area contributed by atoms with Crippen LogP contribution in [0.15, 0.2) is 30.3 Å². The fourth-order valence-corrected chi connectivity index (χ4v) is 3.40. The number of carbonyl (C=O) groups excluding carboxylic acids is 1. The molecular weight excluding hydrogens is 320 g/mol. The fraction of sp³-hybridized carbons (Fsp3) is 0.533. The Hall–Kier alpha value is -1.21. The van der Waals surface area contributed by atoms with Crippen molar-refractivity contribution in [1.82, 2.24) is 5.32 Å². The van der Waals surface area contributed by atoms with Crippen molar-refractivity contribution in [2.24, 2.45) is 0 Å². The summed E-state index contributed by atoms with van der Waals surface area (Å²) in [7, 11) is -3.50. The van der Waals surface area contributed by atoms with Gasteiger partial charge >= 0.3 is 0 Å². The highest BCUT2D eigenvalue weighted by Crippen LogP contribution is 2.22. The van der Waals surface area contributed by atoms with E-state index in [0.29, 0.717) is 12.2 Å². The van der Waals surface area contributed by atoms with Gasteiger partial charge in [0.15, 0.2) is 0 Å². The number of amides is 1. The minimum absolute atomic E-state index is 0.146. The molecule has 0 bridgehead atoms. The largest absolute Gasteiger partial charge is 0.354 e. The Morgan fingerprint density at radius 2 is 1.82 bits per heavy atom. The first-order valence-electron chi connectivity index (χ1n) is 7.03. The molecule has 0 fully saturated rings. The van der Waals surface area contributed by atoms with E-state index in [-0.39, 0.29) is 17.2 Å². The van der Waals surface area contributed by atoms with Crippen molar-refractivity contribution < 1.29 is 13.2 Å². The lowest BCUT2D eigenvalue weighted by Gasteiger charge is -2.22. The maximum absolute atomic E-state index is 12.0. The third-order valence-corrected chi connectivity index (χ3v) is 5.11. The van der Waals surface area contributed by atoms with Crippen molar-refractivity contribution in [3.63, 3.8) is 0 Å². The van der Waals surface area contributed by atoms with E-state index in [2.05, 4.69) is 26.1 Å². The lowest BCUT2D eigenvalue weighted by molar-refractivity contribution is -0.119. The molecule has 7 heteroatoms. The molecule has 0 aromatic heterocycles. The smallest absolute Gasteiger partial charge is 0.240 e. The molecule has 0 aliphatic heterocycles. The SMILES string of the molecule is CC(C)(C)SCCNC(=O)CN(c1ccccc1)S(C)(=O)=O. The zero-order valence-electron chi connectivity index (χ0n) is 13.5. The fourth-order valence-electron chi connectivity index (χ4n) is 1.73. The van der Waals surface area contributed by atoms with Gasteiger partial charge in [-0.2, -0.15) is 11.8 Å². The number of nitrogens with zero attached hydrogens (tertiary/aromatic N) is 1. The van der Waals surface area contributed by atoms with Gasteiger partial charge in [0, 0.05) is 17.0 Å². The average molecular weight is 345 g/mol. The van der Waals surface area contributed by atoms with Gasteiger partial charge in [-0.3, -0.25) is 9.10 Å². The lowest BCUT2D eigenvalue weighted by atomic mass is 10.3. The maximum Gasteiger partial charge on any atom is 0.240 e. The van der Waals surface area contributed by atoms with Crippen LogP contribution in [0.4, 0.5) is 5.69 Å². The standard InChI is InChI=1S/C15H24N2O3S2/c1-15(2,3)21-11-10-16-14(18)12-17(22(4,19)20)13-8-6-5-7-9-13/h5-9H,10-12H2,1-4H3,(H,16,18). The van der Waals surface area contributed by atoms with E-state index >= 15 is 0 Å². The predicted octanol–water partition coefficient (Wildman–Crippen LogP) is 2.10. The highest BCUT2D eigenvalue weighted by Gasteiger charge is 2.20. The van der Waals surface area contributed by atoms with Crippen LogP contribution in [-0.4, -0.2) is 44.2 Å². The second kappa shape index (κ2) is 7.87. The van der Waals surface area contributed by atoms with Crippen LogP contribution in [0, 0.1) is 0 Å². The molecule has 0 unspecified atom stereocenters. The number of rotatable bonds is 7. The van der Waals surface area contributed by atoms with Gasteiger partial charge in [-0.05, 0) is 12.1 Å². The van der Waals surface area contributed by atoms with E-state index in [4.69, 9.17) is 0 Å². The summed E-state index contributed by atoms with van der Waals surface area (Å²) in [6.07, 6.45) is 1.10. The average Bonchev–Trinajstić information content (AvgIpc) is 2.40. The van der Waals surface area contributed by atoms with Gasteiger partial charge in [-0.25, -0.2) is 8.42 Å². The summed E-state index contributed by atoms with van der Waals surface area (Å²) in [4.78, 5) is 12.0. The monoisotopic (exact) mass is 344 g/mol. The lowest BCUT2D eigenvalue weighted by Crippen LogP contribution is -2.41. The van der Waals surface area contributed by atoms with Crippen LogP contribution in [0.2, 0.25) is 0 Å². The van der Waals surface area contributed by atoms with E-state index in [1.165, 1.54) is 0 Å². The number of nitrogens with one attached hydrogen (secondary N) is 1. The molecule has 5 nitrogen and oxygen atoms in total. The Bertz CT molecular complexity index is 581. The molecular formula is C15H24N2O3S2. The Labute approximate surface area is 137 Å². The van der Waals surface area contributed by atoms with Crippen molar-refractivity contribution in [2.75, 3.05) is 29.4 Å². The van der Waals surface area contributed by atoms with Gasteiger partial charge in [0.2, 0.25) is 15.9 Å². The van der Waals surface area contributed by atoms with Crippen LogP contribution in [0.1, 0.15) is 20.8 Å². The Morgan fingerprint density at radius 1 is 1.23 bits per heavy atom. The minimum Gasteiger partial charge on any atom is -0.354 e. The van der Waals surface area contributed by atoms with Crippen LogP contribution in [0.3, 0.4) is 0 Å². The topological polar surface area (TPSA) is 66.5 Å². The van der Waals surface area contributed by atoms with E-state index in [1.807, 2.05) is 0 Å². The second-order valence-electron chi connectivity index (χ2n) is 5.92. The van der Waals surface area contributed by atoms with Crippen LogP contribution in [0.5, 0.6) is 0 Å². The summed E-state index contributed by atoms with van der Waals surface area (Å²) in [5.74, 6) is 0.489. The normalized spacial score (nSPS) is 12.0. The Morgan fingerprint density at radius 3 is 2.32 bits per heavy atom. The molecule has 0 aliphatic rings. The molecule has 1 rings (SSSR count). The van der Waals surface area contributed by atoms with Crippen molar-refractivity contribution in [1.29, 1.82) is 0 Å². The number of hydrogen-bond donors (Lipinski definition) is 1. The molecule has 22 heavy (non-hydrogen) atoms. The summed E-state index contributed by atoms with van der Waals surface area (Å²) < 4.78 is 25.0. The minimum atomic E-state index is -3.50. The Kier molecular flexibility index (Phi) is 6.74. The zero-order valence-corrected chi connectivity index (χ0v) is 15.1. The molecule has 0 aliphatic carbocycles. The third-order valence-electron chi connectivity index (χ3n) is 2.69. The van der Waals surface area contributed by atoms with Gasteiger partial charge in [0.1, 0.15) is 6.54 Å². The van der Waals surface area contributed by atoms with Crippen molar-refractivity contribution in [3.05, 3.63) is 30.3 Å². The summed E-state index contributed by atoms with van der Waals surface area (Å²) in [6, 6.07) is 8.62. The molecule has 124 valence electrons. The number of thioether (sulfide) groups is 1. The first-order chi connectivity index (χ1) is 10.1. The molecule has 0 saturated heterocycles. The molecule has 0 atom stereocenters. The number of sulfonamides is 1. The quantitative estimate of drug-likeness (QED) is 0.769. The summed E-state index contributed by atoms with van der Waals surface area (Å²) >= 11 is 1.75. The van der Waals surface area contributed by atoms with E-state index in [9.17, 15) is 13.2 Å². The van der Waals surface area contributed by atoms with E-state index < -0.39 is 10.0 Å². The first-order valence-corrected chi connectivity index (χ1v) is 9.86. The molecule has 0 saturated carbocycles. The molecule has 0 heterocycles. The maximum atomic E-state index is 12.0. The van der Waals surface area contributed by atoms with Crippen LogP contribution in [0.25, 0.3) is 0 Å². The third kappa shape index (κ3) is 7.17. The van der Waals surface area contributed by atoms with Crippen molar-refractivity contribution in [2.45, 2.75) is 25.5 Å². The summed E-state index contributed by atoms with van der Waals surface area (Å²) in [6.45, 7) is 6.65. The van der Waals surface area contributed by atoms with Crippen LogP contribution >= 0.6 is 11.8 Å². The zero-order chi connectivity index (χ0) is 16.8. The molecule has 1 N–H and O–H groups in total. The van der Waals surface area contributed by atoms with Crippen molar-refractivity contribution >= 4 is 33.4 Å². The Balaban J connectivity index is 2.59. The highest BCUT2D eigenvalue weighted by atomic mass is 32.2. The summed E-state index contributed by atoms with van der Waals surface area (Å²) in [5.41, 5.74) is 0.490. The van der Waals surface area contributed by atoms with E-state index in [0.717, 1.165) is 16.3 Å². The first kappa shape index (κ1) is 18.8. The number of hydrogen-bond acceptors (Lipinski definition) is 4. The molecule has 1 amide bonds. The van der Waals surface area contributed by atoms with Gasteiger partial charge in [-0.1, -0.05) is 39.0 Å². The predicted molar refractivity (Wildman–Crippen MR) is 93.9 cm³/mol. The van der Waals surface area contributed by atoms with Gasteiger partial charge < -0.3 is 5.32 Å². The molecule has 0 spiro atoms. The van der Waals surface area contributed by atoms with Crippen LogP contribution in [-0.2, 0) is 14.8 Å². The second-order valence-corrected chi connectivity index (χ2v) is 9.74. The number of anilines is 1. The van der Waals surface area contributed by atoms with Gasteiger partial charge in [0.05, 0.1) is 11.9 Å². The molecule has 1 aromatic rings. The van der Waals surface area contributed by atoms with E-state index in [1.54, 1.807) is 42.1 Å². The summed E-state index contributed by atoms with van der Waals surface area (Å²) in [5, 5.41) is 2.76. The molecule has 1 aromatic carbocycles. The number of para-hydroxylation sites is 1.